The number of hydrogen-bond donors (Lipinski definition) is 0. The highest BCUT2D eigenvalue weighted by Gasteiger charge is 2.25. The summed E-state index contributed by atoms with van der Waals surface area (Å²) in [6.07, 6.45) is 0. The first-order valence-electron chi connectivity index (χ1n) is 49.2. The van der Waals surface area contributed by atoms with Gasteiger partial charge < -0.3 is 27.4 Å². The maximum absolute atomic E-state index is 2.42. The van der Waals surface area contributed by atoms with Crippen LogP contribution >= 0.6 is 0 Å². The molecule has 0 unspecified atom stereocenters. The second-order valence-corrected chi connectivity index (χ2v) is 38.2. The van der Waals surface area contributed by atoms with E-state index >= 15 is 0 Å². The molecule has 0 spiro atoms. The summed E-state index contributed by atoms with van der Waals surface area (Å²) in [5.41, 5.74) is 18.1. The van der Waals surface area contributed by atoms with Crippen LogP contribution in [0.2, 0.25) is 0 Å². The van der Waals surface area contributed by atoms with E-state index in [1.807, 2.05) is 0 Å². The Labute approximate surface area is 819 Å². The number of hydrogen-bond acceptors (Lipinski definition) is 0. The van der Waals surface area contributed by atoms with E-state index in [9.17, 15) is 0 Å². The molecule has 32 rings (SSSR count). The Hall–Kier alpha value is -18.1. The smallest absolute Gasteiger partial charge is 0.0575 e. The molecule has 6 heterocycles. The summed E-state index contributed by atoms with van der Waals surface area (Å²) in [6, 6.07) is 171. The number of rotatable bonds is 1. The maximum Gasteiger partial charge on any atom is 0.0575 e. The lowest BCUT2D eigenvalue weighted by molar-refractivity contribution is 1.02. The van der Waals surface area contributed by atoms with E-state index in [4.69, 9.17) is 0 Å². The first kappa shape index (κ1) is 83.3. The molecule has 0 amide bonds. The monoisotopic (exact) mass is 1810 g/mol. The zero-order valence-electron chi connectivity index (χ0n) is 79.7. The van der Waals surface area contributed by atoms with Crippen molar-refractivity contribution in [3.05, 3.63) is 479 Å². The van der Waals surface area contributed by atoms with Crippen molar-refractivity contribution in [2.75, 3.05) is 0 Å². The van der Waals surface area contributed by atoms with E-state index in [0.29, 0.717) is 0 Å². The van der Waals surface area contributed by atoms with Crippen molar-refractivity contribution in [3.8, 4) is 5.69 Å². The first-order valence-corrected chi connectivity index (χ1v) is 49.2. The maximum atomic E-state index is 2.42. The lowest BCUT2D eigenvalue weighted by Gasteiger charge is -2.09. The molecule has 0 fully saturated rings. The van der Waals surface area contributed by atoms with Crippen LogP contribution < -0.4 is 0 Å². The summed E-state index contributed by atoms with van der Waals surface area (Å²) in [4.78, 5) is 0. The quantitative estimate of drug-likeness (QED) is 0.147. The van der Waals surface area contributed by atoms with Crippen LogP contribution in [-0.2, 0) is 35.2 Å². The van der Waals surface area contributed by atoms with Crippen LogP contribution in [-0.4, -0.2) is 27.4 Å². The standard InChI is InChI=1S/C29H19N.C25H17N.C23H17N.2C21H15N.C17H13N/c1-30-28-24-16-8-4-12-20(24)18-10-2-6-14-22(18)26(28)27-23-15-7-3-11-19(23)21-13-5-9-17-25(21)29(27)30;1-26-22-15-14-16-8-2-3-9-17(16)23(22)24-20-12-6-4-10-18(20)19-11-5-7-13-21(19)25(24)26;1-16-11-13-21-20(15-16)23-19-10-6-5-7-17(19)12-14-22(23)24(21)18-8-3-2-4-9-18;1-22-19-13-11-14-6-2-4-8-16(14)20(19)18-12-10-15-7-3-5-9-17(15)21(18)22;1-22-18-12-10-14-6-2-4-8-16(14)20(18)21-17-9-5-3-7-15(17)11-13-19(21)22;1-18-16-9-5-4-8-14(16)15-11-10-12-6-2-3-7-13(12)17(15)18/h2-17H,1H3;2-15H,1H3;2-15H,1H3;2*2-13H,1H3;2-11H,1H3. The summed E-state index contributed by atoms with van der Waals surface area (Å²) in [5, 5.41) is 50.5. The number of para-hydroxylation sites is 2. The summed E-state index contributed by atoms with van der Waals surface area (Å²) in [7, 11) is 10.9. The van der Waals surface area contributed by atoms with Crippen molar-refractivity contribution < 1.29 is 0 Å². The average Bonchev–Trinajstić information content (AvgIpc) is 1.53. The third kappa shape index (κ3) is 12.9. The molecule has 32 aromatic rings. The number of aromatic nitrogens is 6. The van der Waals surface area contributed by atoms with Crippen LogP contribution in [0.15, 0.2) is 473 Å². The highest BCUT2D eigenvalue weighted by molar-refractivity contribution is 6.41. The number of aryl methyl sites for hydroxylation is 6. The fraction of sp³-hybridized carbons (Fsp3) is 0.0441. The van der Waals surface area contributed by atoms with Crippen LogP contribution in [0.4, 0.5) is 0 Å². The Kier molecular flexibility index (Phi) is 19.6. The third-order valence-electron chi connectivity index (χ3n) is 30.7. The minimum atomic E-state index is 1.21. The van der Waals surface area contributed by atoms with Crippen LogP contribution in [0.5, 0.6) is 0 Å². The topological polar surface area (TPSA) is 29.6 Å². The zero-order valence-corrected chi connectivity index (χ0v) is 79.7. The van der Waals surface area contributed by atoms with Gasteiger partial charge in [0.15, 0.2) is 0 Å². The Morgan fingerprint density at radius 1 is 0.127 bits per heavy atom. The lowest BCUT2D eigenvalue weighted by Crippen LogP contribution is -1.92. The van der Waals surface area contributed by atoms with E-state index in [-0.39, 0.29) is 0 Å². The minimum absolute atomic E-state index is 1.21. The molecule has 0 aliphatic rings. The van der Waals surface area contributed by atoms with Gasteiger partial charge in [-0.25, -0.2) is 0 Å². The van der Waals surface area contributed by atoms with Gasteiger partial charge in [0, 0.05) is 160 Å². The molecule has 670 valence electrons. The second-order valence-electron chi connectivity index (χ2n) is 38.2. The molecule has 0 saturated heterocycles. The van der Waals surface area contributed by atoms with Crippen molar-refractivity contribution in [2.24, 2.45) is 35.2 Å². The third-order valence-corrected chi connectivity index (χ3v) is 30.7. The Balaban J connectivity index is 0.0000000857. The molecule has 0 aliphatic heterocycles. The van der Waals surface area contributed by atoms with Gasteiger partial charge >= 0.3 is 0 Å². The van der Waals surface area contributed by atoms with Gasteiger partial charge in [0.05, 0.1) is 38.6 Å². The highest BCUT2D eigenvalue weighted by atomic mass is 15.0. The van der Waals surface area contributed by atoms with Gasteiger partial charge in [-0.3, -0.25) is 0 Å². The predicted molar refractivity (Wildman–Crippen MR) is 615 cm³/mol. The first-order chi connectivity index (χ1) is 70.1. The van der Waals surface area contributed by atoms with Crippen LogP contribution in [0.1, 0.15) is 5.56 Å². The van der Waals surface area contributed by atoms with Gasteiger partial charge in [-0.2, -0.15) is 0 Å². The van der Waals surface area contributed by atoms with Gasteiger partial charge in [-0.15, -0.1) is 0 Å². The fourth-order valence-electron chi connectivity index (χ4n) is 24.4. The SMILES string of the molecule is Cc1ccc2c(c1)c1c3ccccc3ccc1n2-c1ccccc1.Cn1c2c3ccccc3c3ccccc3c2c2c3ccccc3c3ccccc3c21.Cn1c2ccc3ccccc3c2c2c3ccccc3c3ccccc3c21.Cn1c2ccc3ccccc3c2c2c3ccccc3ccc21.Cn1c2ccc3ccccc3c2c2ccc3ccccc3c21.Cn1c2ccccc2c2ccc3ccccc3c21. The van der Waals surface area contributed by atoms with Gasteiger partial charge in [-0.05, 0) is 181 Å². The highest BCUT2D eigenvalue weighted by Crippen LogP contribution is 2.50. The van der Waals surface area contributed by atoms with E-state index in [1.54, 1.807) is 0 Å². The van der Waals surface area contributed by atoms with Gasteiger partial charge in [0.25, 0.3) is 0 Å². The van der Waals surface area contributed by atoms with E-state index in [0.717, 1.165) is 0 Å². The molecule has 0 aliphatic carbocycles. The van der Waals surface area contributed by atoms with Crippen molar-refractivity contribution in [1.29, 1.82) is 0 Å². The van der Waals surface area contributed by atoms with Crippen LogP contribution in [0.25, 0.3) is 277 Å². The summed E-state index contributed by atoms with van der Waals surface area (Å²) < 4.78 is 14.1. The van der Waals surface area contributed by atoms with Gasteiger partial charge in [0.2, 0.25) is 0 Å². The molecule has 0 saturated carbocycles. The van der Waals surface area contributed by atoms with E-state index in [1.165, 1.54) is 282 Å². The molecule has 0 radical (unpaired) electrons. The Morgan fingerprint density at radius 3 is 0.796 bits per heavy atom. The Morgan fingerprint density at radius 2 is 0.373 bits per heavy atom. The number of fused-ring (bicyclic) bond motifs is 47. The second kappa shape index (κ2) is 33.4. The molecule has 26 aromatic carbocycles. The lowest BCUT2D eigenvalue weighted by atomic mass is 9.93. The minimum Gasteiger partial charge on any atom is -0.344 e. The van der Waals surface area contributed by atoms with Crippen molar-refractivity contribution >= 4 is 271 Å². The normalized spacial score (nSPS) is 11.9. The van der Waals surface area contributed by atoms with E-state index < -0.39 is 0 Å². The van der Waals surface area contributed by atoms with Gasteiger partial charge in [-0.1, -0.05) is 418 Å². The average molecular weight is 1810 g/mol. The molecule has 6 heteroatoms. The van der Waals surface area contributed by atoms with Crippen molar-refractivity contribution in [3.63, 3.8) is 0 Å². The summed E-state index contributed by atoms with van der Waals surface area (Å²) in [6.45, 7) is 2.16. The van der Waals surface area contributed by atoms with Crippen LogP contribution in [0, 0.1) is 6.92 Å². The molecule has 6 aromatic heterocycles. The molecular formula is C136H96N6. The molecule has 0 N–H and O–H groups in total. The fourth-order valence-corrected chi connectivity index (χ4v) is 24.4. The Bertz CT molecular complexity index is 10600. The number of benzene rings is 26. The van der Waals surface area contributed by atoms with Crippen LogP contribution in [0.3, 0.4) is 0 Å². The van der Waals surface area contributed by atoms with E-state index in [2.05, 4.69) is 543 Å². The molecule has 6 nitrogen and oxygen atoms in total. The predicted octanol–water partition coefficient (Wildman–Crippen LogP) is 36.7. The summed E-state index contributed by atoms with van der Waals surface area (Å²) in [5.74, 6) is 0. The zero-order chi connectivity index (χ0) is 94.6. The molecule has 0 atom stereocenters. The summed E-state index contributed by atoms with van der Waals surface area (Å²) >= 11 is 0. The molecule has 0 bridgehead atoms. The van der Waals surface area contributed by atoms with Gasteiger partial charge in [0.1, 0.15) is 0 Å². The molecular weight excluding hydrogens is 1720 g/mol. The van der Waals surface area contributed by atoms with Crippen molar-refractivity contribution in [2.45, 2.75) is 6.92 Å². The largest absolute Gasteiger partial charge is 0.344 e. The van der Waals surface area contributed by atoms with Crippen molar-refractivity contribution in [1.82, 2.24) is 27.4 Å². The molecule has 142 heavy (non-hydrogen) atoms. The number of nitrogens with zero attached hydrogens (tertiary/aromatic N) is 6.